The Labute approximate surface area is 207 Å². The normalized spacial score (nSPS) is 15.9. The van der Waals surface area contributed by atoms with Gasteiger partial charge >= 0.3 is 6.16 Å². The molecule has 2 aromatic rings. The molecule has 1 fully saturated rings. The van der Waals surface area contributed by atoms with Crippen LogP contribution in [0, 0.1) is 0 Å². The van der Waals surface area contributed by atoms with Crippen LogP contribution in [0.25, 0.3) is 5.57 Å². The van der Waals surface area contributed by atoms with Crippen LogP contribution in [0.3, 0.4) is 0 Å². The molecular formula is C28H35NO6. The summed E-state index contributed by atoms with van der Waals surface area (Å²) in [7, 11) is 3.39. The summed E-state index contributed by atoms with van der Waals surface area (Å²) in [4.78, 5) is 12.9. The number of likely N-dealkylation sites (tertiary alicyclic amines) is 1. The second kappa shape index (κ2) is 11.0. The number of ether oxygens (including phenoxy) is 4. The summed E-state index contributed by atoms with van der Waals surface area (Å²) in [6, 6.07) is 10.4. The van der Waals surface area contributed by atoms with E-state index in [4.69, 9.17) is 24.1 Å². The Hall–Kier alpha value is -3.19. The van der Waals surface area contributed by atoms with Crippen LogP contribution in [0.1, 0.15) is 48.9 Å². The van der Waals surface area contributed by atoms with E-state index in [1.165, 1.54) is 27.8 Å². The average molecular weight is 482 g/mol. The van der Waals surface area contributed by atoms with E-state index in [0.717, 1.165) is 55.0 Å². The van der Waals surface area contributed by atoms with Crippen molar-refractivity contribution in [1.29, 1.82) is 0 Å². The minimum atomic E-state index is -1.20. The molecule has 0 bridgehead atoms. The molecule has 0 aromatic heterocycles. The van der Waals surface area contributed by atoms with Gasteiger partial charge in [0, 0.05) is 30.8 Å². The Balaban J connectivity index is 1.47. The quantitative estimate of drug-likeness (QED) is 0.459. The summed E-state index contributed by atoms with van der Waals surface area (Å²) in [5, 5.41) is 8.76. The van der Waals surface area contributed by atoms with E-state index in [1.54, 1.807) is 14.2 Å². The molecule has 1 saturated heterocycles. The molecule has 0 unspecified atom stereocenters. The van der Waals surface area contributed by atoms with Crippen molar-refractivity contribution < 1.29 is 28.8 Å². The number of methoxy groups -OCH3 is 2. The van der Waals surface area contributed by atoms with Gasteiger partial charge in [0.1, 0.15) is 18.5 Å². The van der Waals surface area contributed by atoms with E-state index in [9.17, 15) is 4.79 Å². The maximum atomic E-state index is 10.7. The number of carbonyl (C=O) groups is 1. The Morgan fingerprint density at radius 1 is 1.09 bits per heavy atom. The second-order valence-electron chi connectivity index (χ2n) is 9.24. The van der Waals surface area contributed by atoms with Gasteiger partial charge in [-0.05, 0) is 55.0 Å². The fraction of sp³-hybridized carbons (Fsp3) is 0.464. The van der Waals surface area contributed by atoms with Gasteiger partial charge in [-0.25, -0.2) is 4.79 Å². The van der Waals surface area contributed by atoms with Crippen molar-refractivity contribution in [2.75, 3.05) is 33.9 Å². The first-order valence-electron chi connectivity index (χ1n) is 12.2. The van der Waals surface area contributed by atoms with Gasteiger partial charge in [-0.2, -0.15) is 0 Å². The molecule has 1 N–H and O–H groups in total. The molecule has 35 heavy (non-hydrogen) atoms. The van der Waals surface area contributed by atoms with Crippen molar-refractivity contribution in [1.82, 2.24) is 4.90 Å². The zero-order valence-corrected chi connectivity index (χ0v) is 21.1. The third kappa shape index (κ3) is 5.56. The van der Waals surface area contributed by atoms with E-state index < -0.39 is 6.16 Å². The van der Waals surface area contributed by atoms with Crippen LogP contribution in [0.15, 0.2) is 35.9 Å². The van der Waals surface area contributed by atoms with Crippen molar-refractivity contribution in [3.05, 3.63) is 58.2 Å². The predicted molar refractivity (Wildman–Crippen MR) is 135 cm³/mol. The molecule has 1 heterocycles. The lowest BCUT2D eigenvalue weighted by Crippen LogP contribution is -2.53. The highest BCUT2D eigenvalue weighted by Crippen LogP contribution is 2.42. The zero-order chi connectivity index (χ0) is 24.9. The highest BCUT2D eigenvalue weighted by molar-refractivity contribution is 5.75. The number of hydrogen-bond acceptors (Lipinski definition) is 6. The molecule has 1 aliphatic heterocycles. The number of hydrogen-bond donors (Lipinski definition) is 1. The van der Waals surface area contributed by atoms with Crippen molar-refractivity contribution in [3.63, 3.8) is 0 Å². The maximum absolute atomic E-state index is 10.7. The topological polar surface area (TPSA) is 77.5 Å². The number of nitrogens with zero attached hydrogens (tertiary/aromatic N) is 1. The van der Waals surface area contributed by atoms with Crippen LogP contribution in [0.2, 0.25) is 0 Å². The van der Waals surface area contributed by atoms with Gasteiger partial charge in [0.15, 0.2) is 11.5 Å². The van der Waals surface area contributed by atoms with E-state index in [1.807, 2.05) is 6.07 Å². The van der Waals surface area contributed by atoms with Gasteiger partial charge in [0.25, 0.3) is 0 Å². The zero-order valence-electron chi connectivity index (χ0n) is 21.1. The van der Waals surface area contributed by atoms with Crippen molar-refractivity contribution in [2.45, 2.75) is 52.2 Å². The molecule has 0 radical (unpaired) electrons. The fourth-order valence-corrected chi connectivity index (χ4v) is 5.04. The van der Waals surface area contributed by atoms with E-state index in [0.29, 0.717) is 19.7 Å². The number of rotatable bonds is 10. The molecule has 1 aliphatic carbocycles. The van der Waals surface area contributed by atoms with E-state index in [2.05, 4.69) is 43.0 Å². The van der Waals surface area contributed by atoms with Gasteiger partial charge < -0.3 is 24.1 Å². The number of aryl methyl sites for hydroxylation is 1. The Morgan fingerprint density at radius 2 is 1.89 bits per heavy atom. The molecule has 188 valence electrons. The summed E-state index contributed by atoms with van der Waals surface area (Å²) in [6.07, 6.45) is 2.52. The first-order chi connectivity index (χ1) is 16.9. The third-order valence-electron chi connectivity index (χ3n) is 6.92. The summed E-state index contributed by atoms with van der Waals surface area (Å²) < 4.78 is 22.5. The lowest BCUT2D eigenvalue weighted by molar-refractivity contribution is -0.0292. The van der Waals surface area contributed by atoms with Crippen LogP contribution in [-0.4, -0.2) is 56.1 Å². The fourth-order valence-electron chi connectivity index (χ4n) is 5.04. The van der Waals surface area contributed by atoms with Crippen LogP contribution in [-0.2, 0) is 24.2 Å². The largest absolute Gasteiger partial charge is 0.506 e. The Kier molecular flexibility index (Phi) is 7.86. The molecule has 7 heteroatoms. The average Bonchev–Trinajstić information content (AvgIpc) is 2.82. The summed E-state index contributed by atoms with van der Waals surface area (Å²) in [6.45, 7) is 6.85. The van der Waals surface area contributed by atoms with Crippen LogP contribution < -0.4 is 14.2 Å². The monoisotopic (exact) mass is 481 g/mol. The highest BCUT2D eigenvalue weighted by Gasteiger charge is 2.31. The molecule has 0 atom stereocenters. The van der Waals surface area contributed by atoms with Crippen molar-refractivity contribution in [3.8, 4) is 17.2 Å². The highest BCUT2D eigenvalue weighted by atomic mass is 16.7. The van der Waals surface area contributed by atoms with Crippen LogP contribution in [0.4, 0.5) is 4.79 Å². The smallest absolute Gasteiger partial charge is 0.496 e. The number of carboxylic acid groups (broad SMARTS) is 1. The van der Waals surface area contributed by atoms with Crippen LogP contribution in [0.5, 0.6) is 17.2 Å². The van der Waals surface area contributed by atoms with E-state index in [-0.39, 0.29) is 6.10 Å². The molecule has 2 aliphatic rings. The lowest BCUT2D eigenvalue weighted by atomic mass is 9.85. The van der Waals surface area contributed by atoms with Crippen molar-refractivity contribution in [2.24, 2.45) is 0 Å². The number of benzene rings is 2. The van der Waals surface area contributed by atoms with E-state index >= 15 is 0 Å². The third-order valence-corrected chi connectivity index (χ3v) is 6.92. The number of allylic oxidation sites excluding steroid dienone is 1. The molecule has 0 saturated carbocycles. The SMILES string of the molecule is CCCc1ccc(COc2ccc3c(c2OC)CCC(CN2CC(OC(=O)O)C2)=C3C)c(OC)c1. The molecule has 2 aromatic carbocycles. The van der Waals surface area contributed by atoms with Gasteiger partial charge in [0.2, 0.25) is 0 Å². The Bertz CT molecular complexity index is 1100. The summed E-state index contributed by atoms with van der Waals surface area (Å²) in [5.41, 5.74) is 7.26. The first-order valence-corrected chi connectivity index (χ1v) is 12.2. The second-order valence-corrected chi connectivity index (χ2v) is 9.24. The predicted octanol–water partition coefficient (Wildman–Crippen LogP) is 5.33. The van der Waals surface area contributed by atoms with Crippen molar-refractivity contribution >= 4 is 11.7 Å². The minimum Gasteiger partial charge on any atom is -0.496 e. The lowest BCUT2D eigenvalue weighted by Gasteiger charge is -2.39. The van der Waals surface area contributed by atoms with Gasteiger partial charge in [-0.15, -0.1) is 0 Å². The molecule has 0 amide bonds. The molecule has 0 spiro atoms. The number of fused-ring (bicyclic) bond motifs is 1. The standard InChI is InChI=1S/C28H35NO6/c1-5-6-19-7-8-21(26(13-19)32-3)17-34-25-12-11-23-18(2)20(9-10-24(23)27(25)33-4)14-29-15-22(16-29)35-28(30)31/h7-8,11-13,22H,5-6,9-10,14-17H2,1-4H3,(H,30,31). The van der Waals surface area contributed by atoms with Gasteiger partial charge in [-0.1, -0.05) is 37.1 Å². The minimum absolute atomic E-state index is 0.217. The van der Waals surface area contributed by atoms with Crippen LogP contribution >= 0.6 is 0 Å². The Morgan fingerprint density at radius 3 is 2.57 bits per heavy atom. The maximum Gasteiger partial charge on any atom is 0.506 e. The summed E-state index contributed by atoms with van der Waals surface area (Å²) in [5.74, 6) is 2.37. The molecule has 4 rings (SSSR count). The van der Waals surface area contributed by atoms with Gasteiger partial charge in [-0.3, -0.25) is 4.90 Å². The molecular weight excluding hydrogens is 446 g/mol. The first kappa shape index (κ1) is 24.9. The molecule has 7 nitrogen and oxygen atoms in total. The summed E-state index contributed by atoms with van der Waals surface area (Å²) >= 11 is 0. The van der Waals surface area contributed by atoms with Gasteiger partial charge in [0.05, 0.1) is 14.2 Å².